The van der Waals surface area contributed by atoms with Crippen molar-refractivity contribution in [3.8, 4) is 0 Å². The number of rotatable bonds is 4. The zero-order valence-corrected chi connectivity index (χ0v) is 8.82. The summed E-state index contributed by atoms with van der Waals surface area (Å²) in [6, 6.07) is 0. The highest BCUT2D eigenvalue weighted by atomic mass is 32.2. The van der Waals surface area contributed by atoms with Gasteiger partial charge < -0.3 is 9.73 Å². The van der Waals surface area contributed by atoms with Crippen LogP contribution < -0.4 is 5.32 Å². The summed E-state index contributed by atoms with van der Waals surface area (Å²) >= 11 is 1.22. The van der Waals surface area contributed by atoms with Gasteiger partial charge in [0.15, 0.2) is 0 Å². The number of hydrogen-bond donors (Lipinski definition) is 1. The summed E-state index contributed by atoms with van der Waals surface area (Å²) in [5.74, 6) is 0.565. The highest BCUT2D eigenvalue weighted by Crippen LogP contribution is 2.16. The van der Waals surface area contributed by atoms with E-state index in [2.05, 4.69) is 20.6 Å². The van der Waals surface area contributed by atoms with Gasteiger partial charge in [-0.25, -0.2) is 0 Å². The van der Waals surface area contributed by atoms with E-state index >= 15 is 0 Å². The first-order chi connectivity index (χ1) is 7.29. The Kier molecular flexibility index (Phi) is 2.86. The monoisotopic (exact) mass is 227 g/mol. The number of amides is 1. The Morgan fingerprint density at radius 1 is 1.73 bits per heavy atom. The van der Waals surface area contributed by atoms with Crippen LogP contribution in [-0.4, -0.2) is 38.0 Å². The fourth-order valence-corrected chi connectivity index (χ4v) is 1.61. The third-order valence-corrected chi connectivity index (χ3v) is 2.39. The molecule has 0 spiro atoms. The molecule has 15 heavy (non-hydrogen) atoms. The molecule has 0 saturated heterocycles. The van der Waals surface area contributed by atoms with Crippen molar-refractivity contribution in [2.75, 3.05) is 12.3 Å². The molecule has 0 atom stereocenters. The smallest absolute Gasteiger partial charge is 0.345 e. The molecule has 2 aromatic heterocycles. The highest BCUT2D eigenvalue weighted by Gasteiger charge is 2.09. The Balaban J connectivity index is 1.95. The average molecular weight is 227 g/mol. The standard InChI is InChI=1S/C7H9N5O2S/c1-2-8-5(13)3-15-7-11-12-4-9-10-6(12)14-7/h4H,2-3H2,1H3,(H,8,13). The molecule has 0 saturated carbocycles. The molecule has 2 rings (SSSR count). The maximum absolute atomic E-state index is 11.1. The first-order valence-electron chi connectivity index (χ1n) is 4.36. The van der Waals surface area contributed by atoms with E-state index in [1.54, 1.807) is 0 Å². The Morgan fingerprint density at radius 3 is 3.33 bits per heavy atom. The second-order valence-corrected chi connectivity index (χ2v) is 3.59. The predicted molar refractivity (Wildman–Crippen MR) is 52.5 cm³/mol. The third-order valence-electron chi connectivity index (χ3n) is 1.57. The molecule has 8 heteroatoms. The van der Waals surface area contributed by atoms with Crippen LogP contribution in [0.4, 0.5) is 0 Å². The first-order valence-corrected chi connectivity index (χ1v) is 5.34. The van der Waals surface area contributed by atoms with Crippen LogP contribution >= 0.6 is 11.8 Å². The van der Waals surface area contributed by atoms with E-state index < -0.39 is 0 Å². The fraction of sp³-hybridized carbons (Fsp3) is 0.429. The molecular formula is C7H9N5O2S. The summed E-state index contributed by atoms with van der Waals surface area (Å²) < 4.78 is 6.61. The van der Waals surface area contributed by atoms with Gasteiger partial charge in [0.05, 0.1) is 5.75 Å². The molecule has 1 N–H and O–H groups in total. The zero-order valence-electron chi connectivity index (χ0n) is 8.01. The number of hydrogen-bond acceptors (Lipinski definition) is 6. The van der Waals surface area contributed by atoms with Gasteiger partial charge in [-0.2, -0.15) is 4.52 Å². The molecule has 0 aliphatic carbocycles. The van der Waals surface area contributed by atoms with Crippen molar-refractivity contribution in [1.82, 2.24) is 25.1 Å². The first kappa shape index (κ1) is 9.97. The molecule has 0 unspecified atom stereocenters. The van der Waals surface area contributed by atoms with Gasteiger partial charge in [0, 0.05) is 6.54 Å². The van der Waals surface area contributed by atoms with Crippen molar-refractivity contribution < 1.29 is 9.21 Å². The summed E-state index contributed by atoms with van der Waals surface area (Å²) in [4.78, 5) is 11.1. The summed E-state index contributed by atoms with van der Waals surface area (Å²) in [7, 11) is 0. The van der Waals surface area contributed by atoms with Crippen molar-refractivity contribution in [2.24, 2.45) is 0 Å². The largest absolute Gasteiger partial charge is 0.396 e. The zero-order chi connectivity index (χ0) is 10.7. The molecule has 2 aromatic rings. The van der Waals surface area contributed by atoms with E-state index in [4.69, 9.17) is 4.42 Å². The molecule has 80 valence electrons. The van der Waals surface area contributed by atoms with Crippen molar-refractivity contribution in [3.05, 3.63) is 6.33 Å². The summed E-state index contributed by atoms with van der Waals surface area (Å²) in [5, 5.41) is 14.4. The average Bonchev–Trinajstić information content (AvgIpc) is 2.74. The van der Waals surface area contributed by atoms with Crippen LogP contribution in [0.5, 0.6) is 0 Å². The van der Waals surface area contributed by atoms with Crippen LogP contribution in [0.3, 0.4) is 0 Å². The van der Waals surface area contributed by atoms with Crippen LogP contribution in [0.25, 0.3) is 5.84 Å². The molecule has 0 aromatic carbocycles. The molecule has 1 amide bonds. The van der Waals surface area contributed by atoms with Gasteiger partial charge in [-0.3, -0.25) is 4.79 Å². The highest BCUT2D eigenvalue weighted by molar-refractivity contribution is 7.99. The fourth-order valence-electron chi connectivity index (χ4n) is 0.975. The van der Waals surface area contributed by atoms with Gasteiger partial charge >= 0.3 is 5.84 Å². The minimum absolute atomic E-state index is 0.0449. The van der Waals surface area contributed by atoms with E-state index in [0.717, 1.165) is 0 Å². The van der Waals surface area contributed by atoms with Gasteiger partial charge in [0.2, 0.25) is 5.91 Å². The van der Waals surface area contributed by atoms with Crippen LogP contribution in [0.2, 0.25) is 0 Å². The van der Waals surface area contributed by atoms with Crippen LogP contribution in [0, 0.1) is 0 Å². The van der Waals surface area contributed by atoms with Gasteiger partial charge in [-0.05, 0) is 6.92 Å². The topological polar surface area (TPSA) is 85.3 Å². The molecule has 7 nitrogen and oxygen atoms in total. The molecule has 0 aliphatic rings. The van der Waals surface area contributed by atoms with Gasteiger partial charge in [-0.15, -0.1) is 10.2 Å². The number of carbonyl (C=O) groups excluding carboxylic acids is 1. The number of fused-ring (bicyclic) bond motifs is 1. The lowest BCUT2D eigenvalue weighted by atomic mass is 10.6. The van der Waals surface area contributed by atoms with E-state index in [-0.39, 0.29) is 11.7 Å². The van der Waals surface area contributed by atoms with E-state index in [0.29, 0.717) is 17.6 Å². The van der Waals surface area contributed by atoms with E-state index in [1.165, 1.54) is 22.6 Å². The minimum atomic E-state index is -0.0449. The molecule has 2 heterocycles. The van der Waals surface area contributed by atoms with Crippen molar-refractivity contribution in [2.45, 2.75) is 12.1 Å². The van der Waals surface area contributed by atoms with Gasteiger partial charge in [0.25, 0.3) is 5.22 Å². The van der Waals surface area contributed by atoms with E-state index in [1.807, 2.05) is 6.92 Å². The lowest BCUT2D eigenvalue weighted by molar-refractivity contribution is -0.118. The number of thioether (sulfide) groups is 1. The van der Waals surface area contributed by atoms with Gasteiger partial charge in [-0.1, -0.05) is 16.9 Å². The maximum Gasteiger partial charge on any atom is 0.345 e. The minimum Gasteiger partial charge on any atom is -0.396 e. The Morgan fingerprint density at radius 2 is 2.60 bits per heavy atom. The van der Waals surface area contributed by atoms with Crippen molar-refractivity contribution in [3.63, 3.8) is 0 Å². The van der Waals surface area contributed by atoms with Crippen molar-refractivity contribution in [1.29, 1.82) is 0 Å². The Hall–Kier alpha value is -1.57. The molecular weight excluding hydrogens is 218 g/mol. The second kappa shape index (κ2) is 4.30. The number of nitrogens with zero attached hydrogens (tertiary/aromatic N) is 4. The number of carbonyl (C=O) groups is 1. The number of aromatic nitrogens is 4. The quantitative estimate of drug-likeness (QED) is 0.737. The summed E-state index contributed by atoms with van der Waals surface area (Å²) in [5.41, 5.74) is 0. The second-order valence-electron chi connectivity index (χ2n) is 2.67. The SMILES string of the molecule is CCNC(=O)CSc1nn2cnnc2o1. The molecule has 0 bridgehead atoms. The number of nitrogens with one attached hydrogen (secondary N) is 1. The Bertz CT molecular complexity index is 436. The van der Waals surface area contributed by atoms with Crippen LogP contribution in [0.1, 0.15) is 6.92 Å². The lowest BCUT2D eigenvalue weighted by Gasteiger charge is -1.97. The summed E-state index contributed by atoms with van der Waals surface area (Å²) in [6.07, 6.45) is 1.44. The molecule has 0 fully saturated rings. The van der Waals surface area contributed by atoms with Gasteiger partial charge in [0.1, 0.15) is 6.33 Å². The van der Waals surface area contributed by atoms with E-state index in [9.17, 15) is 4.79 Å². The Labute approximate surface area is 89.2 Å². The summed E-state index contributed by atoms with van der Waals surface area (Å²) in [6.45, 7) is 2.49. The van der Waals surface area contributed by atoms with Crippen LogP contribution in [-0.2, 0) is 4.79 Å². The third kappa shape index (κ3) is 2.27. The van der Waals surface area contributed by atoms with Crippen LogP contribution in [0.15, 0.2) is 16.0 Å². The molecule has 0 aliphatic heterocycles. The molecule has 0 radical (unpaired) electrons. The lowest BCUT2D eigenvalue weighted by Crippen LogP contribution is -2.24. The normalized spacial score (nSPS) is 10.7. The predicted octanol–water partition coefficient (Wildman–Crippen LogP) is -0.0545. The van der Waals surface area contributed by atoms with Crippen molar-refractivity contribution >= 4 is 23.5 Å². The maximum atomic E-state index is 11.1.